The molecule has 0 aromatic rings. The zero-order chi connectivity index (χ0) is 24.4. The molecular weight excluding hydrogens is 412 g/mol. The second-order valence-corrected chi connectivity index (χ2v) is 9.92. The van der Waals surface area contributed by atoms with Crippen molar-refractivity contribution in [3.63, 3.8) is 0 Å². The van der Waals surface area contributed by atoms with Gasteiger partial charge in [0.1, 0.15) is 6.10 Å². The van der Waals surface area contributed by atoms with Crippen molar-refractivity contribution in [2.75, 3.05) is 0 Å². The number of ether oxygens (including phenoxy) is 1. The monoisotopic (exact) mass is 468 g/mol. The van der Waals surface area contributed by atoms with Gasteiger partial charge in [0.25, 0.3) is 0 Å². The van der Waals surface area contributed by atoms with E-state index in [0.29, 0.717) is 12.8 Å². The van der Waals surface area contributed by atoms with Gasteiger partial charge in [-0.3, -0.25) is 9.59 Å². The molecule has 1 N–H and O–H groups in total. The summed E-state index contributed by atoms with van der Waals surface area (Å²) in [7, 11) is 0. The number of hydrogen-bond acceptors (Lipinski definition) is 3. The third-order valence-corrected chi connectivity index (χ3v) is 6.65. The first-order chi connectivity index (χ1) is 16.1. The minimum absolute atomic E-state index is 0.00436. The summed E-state index contributed by atoms with van der Waals surface area (Å²) < 4.78 is 5.70. The smallest absolute Gasteiger partial charge is 0.306 e. The van der Waals surface area contributed by atoms with Gasteiger partial charge in [0, 0.05) is 12.8 Å². The highest BCUT2D eigenvalue weighted by Gasteiger charge is 2.12. The second-order valence-electron chi connectivity index (χ2n) is 9.92. The van der Waals surface area contributed by atoms with Crippen LogP contribution in [-0.2, 0) is 14.3 Å². The van der Waals surface area contributed by atoms with Crippen LogP contribution >= 0.6 is 0 Å². The molecular formula is C29H56O4. The molecule has 0 fully saturated rings. The lowest BCUT2D eigenvalue weighted by Crippen LogP contribution is -2.17. The first-order valence-corrected chi connectivity index (χ1v) is 14.5. The molecule has 0 radical (unpaired) electrons. The predicted molar refractivity (Wildman–Crippen MR) is 140 cm³/mol. The van der Waals surface area contributed by atoms with Crippen molar-refractivity contribution >= 4 is 11.9 Å². The summed E-state index contributed by atoms with van der Waals surface area (Å²) in [5.74, 6) is -0.689. The highest BCUT2D eigenvalue weighted by Crippen LogP contribution is 2.16. The topological polar surface area (TPSA) is 63.6 Å². The molecule has 0 spiro atoms. The van der Waals surface area contributed by atoms with Gasteiger partial charge in [-0.25, -0.2) is 0 Å². The van der Waals surface area contributed by atoms with Gasteiger partial charge in [0.05, 0.1) is 0 Å². The van der Waals surface area contributed by atoms with Crippen LogP contribution in [0.3, 0.4) is 0 Å². The normalized spacial score (nSPS) is 12.1. The van der Waals surface area contributed by atoms with Gasteiger partial charge in [0.2, 0.25) is 0 Å². The van der Waals surface area contributed by atoms with Crippen LogP contribution in [0.15, 0.2) is 0 Å². The molecule has 4 heteroatoms. The minimum Gasteiger partial charge on any atom is -0.481 e. The zero-order valence-electron chi connectivity index (χ0n) is 22.2. The maximum Gasteiger partial charge on any atom is 0.306 e. The maximum absolute atomic E-state index is 12.1. The molecule has 0 heterocycles. The van der Waals surface area contributed by atoms with Crippen LogP contribution in [0, 0.1) is 0 Å². The molecule has 0 bridgehead atoms. The van der Waals surface area contributed by atoms with E-state index in [0.717, 1.165) is 51.4 Å². The molecule has 0 aromatic heterocycles. The predicted octanol–water partition coefficient (Wildman–Crippen LogP) is 9.39. The fourth-order valence-corrected chi connectivity index (χ4v) is 4.41. The molecule has 0 saturated heterocycles. The van der Waals surface area contributed by atoms with Crippen molar-refractivity contribution in [1.82, 2.24) is 0 Å². The molecule has 4 nitrogen and oxygen atoms in total. The van der Waals surface area contributed by atoms with E-state index in [-0.39, 0.29) is 12.1 Å². The Bertz CT molecular complexity index is 435. The van der Waals surface area contributed by atoms with Gasteiger partial charge in [-0.1, -0.05) is 123 Å². The highest BCUT2D eigenvalue weighted by molar-refractivity contribution is 5.69. The summed E-state index contributed by atoms with van der Waals surface area (Å²) in [6.07, 6.45) is 27.5. The van der Waals surface area contributed by atoms with Crippen molar-refractivity contribution in [3.05, 3.63) is 0 Å². The van der Waals surface area contributed by atoms with E-state index < -0.39 is 5.97 Å². The molecule has 0 aliphatic heterocycles. The molecule has 0 rings (SSSR count). The summed E-state index contributed by atoms with van der Waals surface area (Å²) in [4.78, 5) is 22.6. The Kier molecular flexibility index (Phi) is 24.7. The molecule has 1 unspecified atom stereocenters. The number of carboxylic acids is 1. The molecule has 33 heavy (non-hydrogen) atoms. The summed E-state index contributed by atoms with van der Waals surface area (Å²) in [5.41, 5.74) is 0. The highest BCUT2D eigenvalue weighted by atomic mass is 16.5. The van der Waals surface area contributed by atoms with Crippen LogP contribution < -0.4 is 0 Å². The molecule has 0 aromatic carbocycles. The number of carbonyl (C=O) groups excluding carboxylic acids is 1. The molecule has 1 atom stereocenters. The Labute approximate surface area is 205 Å². The lowest BCUT2D eigenvalue weighted by molar-refractivity contribution is -0.149. The molecule has 0 amide bonds. The van der Waals surface area contributed by atoms with E-state index in [2.05, 4.69) is 13.8 Å². The Balaban J connectivity index is 3.45. The van der Waals surface area contributed by atoms with E-state index in [1.165, 1.54) is 89.9 Å². The lowest BCUT2D eigenvalue weighted by Gasteiger charge is -2.16. The van der Waals surface area contributed by atoms with Crippen molar-refractivity contribution in [3.8, 4) is 0 Å². The standard InChI is InChI=1S/C29H56O4/c1-3-5-6-7-8-9-10-11-12-17-20-23-26-29(32)33-27(4-2)24-21-18-15-13-14-16-19-22-25-28(30)31/h27H,3-26H2,1-2H3,(H,30,31). The number of carboxylic acid groups (broad SMARTS) is 1. The first-order valence-electron chi connectivity index (χ1n) is 14.5. The van der Waals surface area contributed by atoms with Crippen LogP contribution in [0.2, 0.25) is 0 Å². The van der Waals surface area contributed by atoms with Gasteiger partial charge in [0.15, 0.2) is 0 Å². The first kappa shape index (κ1) is 31.9. The number of esters is 1. The number of aliphatic carboxylic acids is 1. The zero-order valence-corrected chi connectivity index (χ0v) is 22.2. The molecule has 0 aliphatic rings. The van der Waals surface area contributed by atoms with Crippen molar-refractivity contribution in [2.45, 2.75) is 174 Å². The maximum atomic E-state index is 12.1. The Morgan fingerprint density at radius 3 is 1.39 bits per heavy atom. The Hall–Kier alpha value is -1.06. The summed E-state index contributed by atoms with van der Waals surface area (Å²) >= 11 is 0. The summed E-state index contributed by atoms with van der Waals surface area (Å²) in [6.45, 7) is 4.38. The summed E-state index contributed by atoms with van der Waals surface area (Å²) in [6, 6.07) is 0. The fraction of sp³-hybridized carbons (Fsp3) is 0.931. The van der Waals surface area contributed by atoms with Crippen LogP contribution in [0.25, 0.3) is 0 Å². The van der Waals surface area contributed by atoms with Gasteiger partial charge >= 0.3 is 11.9 Å². The number of carbonyl (C=O) groups is 2. The van der Waals surface area contributed by atoms with Crippen molar-refractivity contribution in [1.29, 1.82) is 0 Å². The van der Waals surface area contributed by atoms with Crippen LogP contribution in [0.1, 0.15) is 168 Å². The van der Waals surface area contributed by atoms with Crippen LogP contribution in [0.4, 0.5) is 0 Å². The van der Waals surface area contributed by atoms with Gasteiger partial charge in [-0.15, -0.1) is 0 Å². The number of rotatable bonds is 26. The SMILES string of the molecule is CCCCCCCCCCCCCCC(=O)OC(CC)CCCCCCCCCCC(=O)O. The minimum atomic E-state index is -0.685. The molecule has 0 saturated carbocycles. The third kappa shape index (κ3) is 25.4. The van der Waals surface area contributed by atoms with Crippen molar-refractivity contribution < 1.29 is 19.4 Å². The van der Waals surface area contributed by atoms with Gasteiger partial charge in [-0.2, -0.15) is 0 Å². The van der Waals surface area contributed by atoms with E-state index in [4.69, 9.17) is 9.84 Å². The fourth-order valence-electron chi connectivity index (χ4n) is 4.41. The average Bonchev–Trinajstić information content (AvgIpc) is 2.80. The van der Waals surface area contributed by atoms with E-state index in [9.17, 15) is 9.59 Å². The van der Waals surface area contributed by atoms with Crippen LogP contribution in [0.5, 0.6) is 0 Å². The Morgan fingerprint density at radius 2 is 0.970 bits per heavy atom. The van der Waals surface area contributed by atoms with Gasteiger partial charge < -0.3 is 9.84 Å². The number of hydrogen-bond donors (Lipinski definition) is 1. The van der Waals surface area contributed by atoms with Gasteiger partial charge in [-0.05, 0) is 32.1 Å². The van der Waals surface area contributed by atoms with E-state index in [1.807, 2.05) is 0 Å². The quantitative estimate of drug-likeness (QED) is 0.101. The van der Waals surface area contributed by atoms with Crippen LogP contribution in [-0.4, -0.2) is 23.1 Å². The van der Waals surface area contributed by atoms with Crippen molar-refractivity contribution in [2.24, 2.45) is 0 Å². The molecule has 196 valence electrons. The molecule has 0 aliphatic carbocycles. The third-order valence-electron chi connectivity index (χ3n) is 6.65. The Morgan fingerprint density at radius 1 is 0.576 bits per heavy atom. The lowest BCUT2D eigenvalue weighted by atomic mass is 10.0. The van der Waals surface area contributed by atoms with E-state index >= 15 is 0 Å². The average molecular weight is 469 g/mol. The van der Waals surface area contributed by atoms with E-state index in [1.54, 1.807) is 0 Å². The largest absolute Gasteiger partial charge is 0.481 e. The number of unbranched alkanes of at least 4 members (excludes halogenated alkanes) is 18. The second kappa shape index (κ2) is 25.6. The summed E-state index contributed by atoms with van der Waals surface area (Å²) in [5, 5.41) is 8.62.